The molecule has 1 saturated carbocycles. The zero-order valence-corrected chi connectivity index (χ0v) is 16.1. The SMILES string of the molecule is COCc1nc(C2CC(N)C2)cc(N2CCC(CCn3cccn3)CC2)n1. The first-order valence-corrected chi connectivity index (χ1v) is 10.1. The molecule has 4 rings (SSSR count). The molecular formula is C20H30N6O. The number of anilines is 1. The molecule has 0 spiro atoms. The van der Waals surface area contributed by atoms with Crippen LogP contribution in [0.5, 0.6) is 0 Å². The Morgan fingerprint density at radius 1 is 1.22 bits per heavy atom. The average molecular weight is 371 g/mol. The lowest BCUT2D eigenvalue weighted by molar-refractivity contribution is 0.177. The second-order valence-corrected chi connectivity index (χ2v) is 7.92. The third-order valence-electron chi connectivity index (χ3n) is 5.91. The Labute approximate surface area is 160 Å². The molecule has 7 heteroatoms. The lowest BCUT2D eigenvalue weighted by Gasteiger charge is -2.35. The summed E-state index contributed by atoms with van der Waals surface area (Å²) in [5.74, 6) is 3.07. The summed E-state index contributed by atoms with van der Waals surface area (Å²) >= 11 is 0. The van der Waals surface area contributed by atoms with E-state index in [1.165, 1.54) is 19.3 Å². The van der Waals surface area contributed by atoms with E-state index in [9.17, 15) is 0 Å². The Bertz CT molecular complexity index is 720. The Morgan fingerprint density at radius 3 is 2.70 bits per heavy atom. The number of piperidine rings is 1. The van der Waals surface area contributed by atoms with Crippen LogP contribution in [0.2, 0.25) is 0 Å². The number of nitrogens with zero attached hydrogens (tertiary/aromatic N) is 5. The lowest BCUT2D eigenvalue weighted by Crippen LogP contribution is -2.37. The van der Waals surface area contributed by atoms with Crippen LogP contribution >= 0.6 is 0 Å². The highest BCUT2D eigenvalue weighted by Crippen LogP contribution is 2.36. The molecule has 0 aromatic carbocycles. The molecule has 7 nitrogen and oxygen atoms in total. The summed E-state index contributed by atoms with van der Waals surface area (Å²) in [5.41, 5.74) is 7.11. The number of hydrogen-bond donors (Lipinski definition) is 1. The van der Waals surface area contributed by atoms with Gasteiger partial charge in [-0.05, 0) is 44.1 Å². The minimum atomic E-state index is 0.324. The van der Waals surface area contributed by atoms with Gasteiger partial charge in [0.05, 0.1) is 0 Å². The van der Waals surface area contributed by atoms with Crippen LogP contribution in [0.3, 0.4) is 0 Å². The first-order chi connectivity index (χ1) is 13.2. The van der Waals surface area contributed by atoms with E-state index < -0.39 is 0 Å². The number of rotatable bonds is 7. The smallest absolute Gasteiger partial charge is 0.156 e. The maximum absolute atomic E-state index is 5.98. The minimum Gasteiger partial charge on any atom is -0.377 e. The summed E-state index contributed by atoms with van der Waals surface area (Å²) in [6, 6.07) is 4.49. The van der Waals surface area contributed by atoms with Crippen LogP contribution in [-0.4, -0.2) is 46.0 Å². The van der Waals surface area contributed by atoms with Crippen molar-refractivity contribution in [3.63, 3.8) is 0 Å². The van der Waals surface area contributed by atoms with Crippen molar-refractivity contribution < 1.29 is 4.74 Å². The summed E-state index contributed by atoms with van der Waals surface area (Å²) < 4.78 is 7.32. The van der Waals surface area contributed by atoms with Crippen molar-refractivity contribution >= 4 is 5.82 Å². The molecule has 0 unspecified atom stereocenters. The highest BCUT2D eigenvalue weighted by Gasteiger charge is 2.30. The van der Waals surface area contributed by atoms with E-state index >= 15 is 0 Å². The highest BCUT2D eigenvalue weighted by molar-refractivity contribution is 5.41. The fourth-order valence-corrected chi connectivity index (χ4v) is 4.17. The van der Waals surface area contributed by atoms with Gasteiger partial charge in [0, 0.05) is 62.9 Å². The molecular weight excluding hydrogens is 340 g/mol. The summed E-state index contributed by atoms with van der Waals surface area (Å²) in [5, 5.41) is 4.30. The van der Waals surface area contributed by atoms with Gasteiger partial charge in [0.25, 0.3) is 0 Å². The molecule has 2 aromatic rings. The monoisotopic (exact) mass is 370 g/mol. The Hall–Kier alpha value is -1.99. The van der Waals surface area contributed by atoms with Crippen molar-refractivity contribution in [2.45, 2.75) is 57.2 Å². The average Bonchev–Trinajstić information content (AvgIpc) is 3.18. The Kier molecular flexibility index (Phi) is 5.69. The van der Waals surface area contributed by atoms with Gasteiger partial charge >= 0.3 is 0 Å². The second kappa shape index (κ2) is 8.35. The fraction of sp³-hybridized carbons (Fsp3) is 0.650. The molecule has 1 aliphatic heterocycles. The molecule has 0 radical (unpaired) electrons. The fourth-order valence-electron chi connectivity index (χ4n) is 4.17. The number of hydrogen-bond acceptors (Lipinski definition) is 6. The lowest BCUT2D eigenvalue weighted by atomic mass is 9.78. The van der Waals surface area contributed by atoms with Crippen molar-refractivity contribution in [2.24, 2.45) is 11.7 Å². The zero-order chi connectivity index (χ0) is 18.6. The van der Waals surface area contributed by atoms with Gasteiger partial charge in [-0.25, -0.2) is 9.97 Å². The van der Waals surface area contributed by atoms with Crippen LogP contribution in [0.25, 0.3) is 0 Å². The molecule has 0 amide bonds. The van der Waals surface area contributed by atoms with Crippen molar-refractivity contribution in [3.05, 3.63) is 36.0 Å². The van der Waals surface area contributed by atoms with Crippen LogP contribution in [0, 0.1) is 5.92 Å². The summed E-state index contributed by atoms with van der Waals surface area (Å²) in [4.78, 5) is 11.9. The number of ether oxygens (including phenoxy) is 1. The molecule has 1 aliphatic carbocycles. The van der Waals surface area contributed by atoms with Crippen LogP contribution in [0.1, 0.15) is 49.5 Å². The summed E-state index contributed by atoms with van der Waals surface area (Å²) in [7, 11) is 1.69. The largest absolute Gasteiger partial charge is 0.377 e. The zero-order valence-electron chi connectivity index (χ0n) is 16.1. The third kappa shape index (κ3) is 4.47. The molecule has 0 atom stereocenters. The van der Waals surface area contributed by atoms with Gasteiger partial charge in [-0.2, -0.15) is 5.10 Å². The van der Waals surface area contributed by atoms with E-state index in [1.54, 1.807) is 7.11 Å². The van der Waals surface area contributed by atoms with Crippen LogP contribution in [0.15, 0.2) is 24.5 Å². The molecule has 0 bridgehead atoms. The maximum Gasteiger partial charge on any atom is 0.156 e. The maximum atomic E-state index is 5.98. The summed E-state index contributed by atoms with van der Waals surface area (Å²) in [6.07, 6.45) is 9.54. The molecule has 27 heavy (non-hydrogen) atoms. The van der Waals surface area contributed by atoms with Crippen molar-refractivity contribution in [2.75, 3.05) is 25.1 Å². The van der Waals surface area contributed by atoms with Crippen molar-refractivity contribution in [3.8, 4) is 0 Å². The molecule has 3 heterocycles. The van der Waals surface area contributed by atoms with Crippen LogP contribution in [-0.2, 0) is 17.9 Å². The first kappa shape index (κ1) is 18.4. The van der Waals surface area contributed by atoms with Crippen molar-refractivity contribution in [1.29, 1.82) is 0 Å². The van der Waals surface area contributed by atoms with Gasteiger partial charge in [0.2, 0.25) is 0 Å². The minimum absolute atomic E-state index is 0.324. The van der Waals surface area contributed by atoms with E-state index in [0.717, 1.165) is 55.7 Å². The van der Waals surface area contributed by atoms with E-state index in [4.69, 9.17) is 20.4 Å². The van der Waals surface area contributed by atoms with Gasteiger partial charge < -0.3 is 15.4 Å². The summed E-state index contributed by atoms with van der Waals surface area (Å²) in [6.45, 7) is 3.57. The number of methoxy groups -OCH3 is 1. The van der Waals surface area contributed by atoms with Gasteiger partial charge in [-0.1, -0.05) is 0 Å². The molecule has 2 N–H and O–H groups in total. The highest BCUT2D eigenvalue weighted by atomic mass is 16.5. The molecule has 2 aromatic heterocycles. The predicted octanol–water partition coefficient (Wildman–Crippen LogP) is 2.33. The third-order valence-corrected chi connectivity index (χ3v) is 5.91. The van der Waals surface area contributed by atoms with Crippen LogP contribution in [0.4, 0.5) is 5.82 Å². The quantitative estimate of drug-likeness (QED) is 0.805. The first-order valence-electron chi connectivity index (χ1n) is 10.1. The second-order valence-electron chi connectivity index (χ2n) is 7.92. The Morgan fingerprint density at radius 2 is 2.04 bits per heavy atom. The predicted molar refractivity (Wildman–Crippen MR) is 104 cm³/mol. The van der Waals surface area contributed by atoms with Crippen LogP contribution < -0.4 is 10.6 Å². The van der Waals surface area contributed by atoms with E-state index in [2.05, 4.69) is 16.1 Å². The normalized spacial score (nSPS) is 23.4. The number of nitrogens with two attached hydrogens (primary N) is 1. The molecule has 2 aliphatic rings. The molecule has 1 saturated heterocycles. The number of aryl methyl sites for hydroxylation is 1. The van der Waals surface area contributed by atoms with E-state index in [1.807, 2.05) is 23.1 Å². The number of aromatic nitrogens is 4. The van der Waals surface area contributed by atoms with Crippen molar-refractivity contribution in [1.82, 2.24) is 19.7 Å². The standard InChI is InChI=1S/C20H30N6O/c1-27-14-19-23-18(16-11-17(21)12-16)13-20(24-19)25-8-3-15(4-9-25)5-10-26-7-2-6-22-26/h2,6-7,13,15-17H,3-5,8-12,14,21H2,1H3. The van der Waals surface area contributed by atoms with Gasteiger partial charge in [-0.15, -0.1) is 0 Å². The van der Waals surface area contributed by atoms with E-state index in [-0.39, 0.29) is 0 Å². The topological polar surface area (TPSA) is 82.1 Å². The van der Waals surface area contributed by atoms with Gasteiger partial charge in [-0.3, -0.25) is 4.68 Å². The molecule has 146 valence electrons. The molecule has 2 fully saturated rings. The van der Waals surface area contributed by atoms with Gasteiger partial charge in [0.15, 0.2) is 5.82 Å². The van der Waals surface area contributed by atoms with E-state index in [0.29, 0.717) is 18.6 Å². The van der Waals surface area contributed by atoms with Gasteiger partial charge in [0.1, 0.15) is 12.4 Å². The Balaban J connectivity index is 1.38.